The molecule has 110 valence electrons. The topological polar surface area (TPSA) is 85.9 Å². The molecule has 3 aromatic rings. The van der Waals surface area contributed by atoms with Crippen LogP contribution in [0.4, 0.5) is 0 Å². The van der Waals surface area contributed by atoms with Gasteiger partial charge < -0.3 is 15.1 Å². The first-order valence-electron chi connectivity index (χ1n) is 7.21. The van der Waals surface area contributed by atoms with Gasteiger partial charge in [-0.15, -0.1) is 0 Å². The number of benzene rings is 1. The summed E-state index contributed by atoms with van der Waals surface area (Å²) in [6.45, 7) is 0. The Morgan fingerprint density at radius 1 is 1.14 bits per heavy atom. The van der Waals surface area contributed by atoms with E-state index in [0.717, 1.165) is 40.6 Å². The van der Waals surface area contributed by atoms with E-state index < -0.39 is 5.97 Å². The van der Waals surface area contributed by atoms with Crippen LogP contribution in [0.5, 0.6) is 0 Å². The molecule has 2 aromatic heterocycles. The van der Waals surface area contributed by atoms with Crippen molar-refractivity contribution >= 4 is 22.7 Å². The minimum Gasteiger partial charge on any atom is -0.477 e. The molecule has 0 radical (unpaired) electrons. The predicted molar refractivity (Wildman–Crippen MR) is 82.1 cm³/mol. The summed E-state index contributed by atoms with van der Waals surface area (Å²) >= 11 is 0. The number of aromatic nitrogens is 2. The summed E-state index contributed by atoms with van der Waals surface area (Å²) in [7, 11) is 0. The number of aromatic amines is 2. The van der Waals surface area contributed by atoms with E-state index in [1.54, 1.807) is 18.3 Å². The van der Waals surface area contributed by atoms with Crippen molar-refractivity contribution in [3.63, 3.8) is 0 Å². The number of hydrogen-bond acceptors (Lipinski definition) is 2. The van der Waals surface area contributed by atoms with Gasteiger partial charge >= 0.3 is 5.97 Å². The highest BCUT2D eigenvalue weighted by molar-refractivity contribution is 6.10. The van der Waals surface area contributed by atoms with Crippen LogP contribution >= 0.6 is 0 Å². The smallest absolute Gasteiger partial charge is 0.352 e. The summed E-state index contributed by atoms with van der Waals surface area (Å²) in [4.78, 5) is 29.2. The van der Waals surface area contributed by atoms with Gasteiger partial charge in [-0.05, 0) is 31.0 Å². The van der Waals surface area contributed by atoms with E-state index in [1.165, 1.54) is 0 Å². The lowest BCUT2D eigenvalue weighted by Crippen LogP contribution is -1.99. The van der Waals surface area contributed by atoms with Crippen LogP contribution in [0.15, 0.2) is 36.5 Å². The number of carboxylic acid groups (broad SMARTS) is 1. The van der Waals surface area contributed by atoms with Gasteiger partial charge in [-0.1, -0.05) is 12.1 Å². The van der Waals surface area contributed by atoms with E-state index in [9.17, 15) is 9.59 Å². The zero-order chi connectivity index (χ0) is 15.3. The standard InChI is InChI=1S/C17H14N2O3/c20-16(9-1-2-9)12-8-18-15-7-10(3-4-11(12)15)13-5-6-14(19-13)17(21)22/h3-9,18-19H,1-2H2,(H,21,22). The molecule has 5 nitrogen and oxygen atoms in total. The molecule has 2 heterocycles. The summed E-state index contributed by atoms with van der Waals surface area (Å²) in [6, 6.07) is 9.02. The molecule has 3 N–H and O–H groups in total. The van der Waals surface area contributed by atoms with Crippen molar-refractivity contribution in [1.29, 1.82) is 0 Å². The van der Waals surface area contributed by atoms with E-state index in [2.05, 4.69) is 9.97 Å². The van der Waals surface area contributed by atoms with Gasteiger partial charge in [0, 0.05) is 39.8 Å². The van der Waals surface area contributed by atoms with E-state index in [-0.39, 0.29) is 17.4 Å². The molecule has 0 bridgehead atoms. The second kappa shape index (κ2) is 4.59. The maximum atomic E-state index is 12.2. The molecule has 1 aliphatic carbocycles. The summed E-state index contributed by atoms with van der Waals surface area (Å²) in [5.41, 5.74) is 3.41. The summed E-state index contributed by atoms with van der Waals surface area (Å²) in [5.74, 6) is -0.572. The highest BCUT2D eigenvalue weighted by Gasteiger charge is 2.31. The number of aromatic carboxylic acids is 1. The first-order valence-corrected chi connectivity index (χ1v) is 7.21. The van der Waals surface area contributed by atoms with Crippen molar-refractivity contribution in [2.75, 3.05) is 0 Å². The number of carbonyl (C=O) groups is 2. The van der Waals surface area contributed by atoms with Crippen LogP contribution in [-0.4, -0.2) is 26.8 Å². The summed E-state index contributed by atoms with van der Waals surface area (Å²) in [5, 5.41) is 9.89. The number of hydrogen-bond donors (Lipinski definition) is 3. The fourth-order valence-corrected chi connectivity index (χ4v) is 2.75. The third-order valence-corrected chi connectivity index (χ3v) is 4.12. The lowest BCUT2D eigenvalue weighted by atomic mass is 10.0. The Hall–Kier alpha value is -2.82. The van der Waals surface area contributed by atoms with Crippen molar-refractivity contribution in [2.45, 2.75) is 12.8 Å². The Morgan fingerprint density at radius 3 is 2.64 bits per heavy atom. The number of carbonyl (C=O) groups excluding carboxylic acids is 1. The second-order valence-electron chi connectivity index (χ2n) is 5.69. The Kier molecular flexibility index (Phi) is 2.69. The number of nitrogens with one attached hydrogen (secondary N) is 2. The Balaban J connectivity index is 1.74. The van der Waals surface area contributed by atoms with Crippen LogP contribution in [0.1, 0.15) is 33.7 Å². The van der Waals surface area contributed by atoms with Gasteiger partial charge in [0.15, 0.2) is 5.78 Å². The lowest BCUT2D eigenvalue weighted by molar-refractivity contribution is 0.0691. The maximum Gasteiger partial charge on any atom is 0.352 e. The number of Topliss-reactive ketones (excluding diaryl/α,β-unsaturated/α-hetero) is 1. The number of fused-ring (bicyclic) bond motifs is 1. The quantitative estimate of drug-likeness (QED) is 0.644. The van der Waals surface area contributed by atoms with Gasteiger partial charge in [-0.25, -0.2) is 4.79 Å². The second-order valence-corrected chi connectivity index (χ2v) is 5.69. The molecule has 1 fully saturated rings. The lowest BCUT2D eigenvalue weighted by Gasteiger charge is -2.00. The molecule has 1 aromatic carbocycles. The van der Waals surface area contributed by atoms with Crippen LogP contribution in [0, 0.1) is 5.92 Å². The molecule has 0 spiro atoms. The molecule has 22 heavy (non-hydrogen) atoms. The first-order chi connectivity index (χ1) is 10.6. The Bertz CT molecular complexity index is 900. The van der Waals surface area contributed by atoms with Crippen LogP contribution in [0.25, 0.3) is 22.2 Å². The number of H-pyrrole nitrogens is 2. The highest BCUT2D eigenvalue weighted by Crippen LogP contribution is 2.35. The fraction of sp³-hybridized carbons (Fsp3) is 0.176. The molecule has 0 amide bonds. The zero-order valence-electron chi connectivity index (χ0n) is 11.7. The van der Waals surface area contributed by atoms with Gasteiger partial charge in [0.25, 0.3) is 0 Å². The molecular weight excluding hydrogens is 280 g/mol. The monoisotopic (exact) mass is 294 g/mol. The van der Waals surface area contributed by atoms with Crippen molar-refractivity contribution in [3.8, 4) is 11.3 Å². The summed E-state index contributed by atoms with van der Waals surface area (Å²) < 4.78 is 0. The molecule has 0 unspecified atom stereocenters. The third-order valence-electron chi connectivity index (χ3n) is 4.12. The molecule has 1 saturated carbocycles. The highest BCUT2D eigenvalue weighted by atomic mass is 16.4. The number of rotatable bonds is 4. The van der Waals surface area contributed by atoms with Crippen LogP contribution in [0.2, 0.25) is 0 Å². The SMILES string of the molecule is O=C(O)c1ccc(-c2ccc3c(C(=O)C4CC4)c[nH]c3c2)[nH]1. The van der Waals surface area contributed by atoms with Crippen LogP contribution in [-0.2, 0) is 0 Å². The Morgan fingerprint density at radius 2 is 1.95 bits per heavy atom. The molecule has 0 aliphatic heterocycles. The molecule has 1 aliphatic rings. The number of ketones is 1. The fourth-order valence-electron chi connectivity index (χ4n) is 2.75. The average Bonchev–Trinajstić information content (AvgIpc) is 3.09. The predicted octanol–water partition coefficient (Wildman–Crippen LogP) is 3.45. The average molecular weight is 294 g/mol. The Labute approximate surface area is 126 Å². The van der Waals surface area contributed by atoms with Gasteiger partial charge in [-0.3, -0.25) is 4.79 Å². The maximum absolute atomic E-state index is 12.2. The van der Waals surface area contributed by atoms with Gasteiger partial charge in [0.2, 0.25) is 0 Å². The number of carboxylic acids is 1. The van der Waals surface area contributed by atoms with Crippen molar-refractivity contribution in [2.24, 2.45) is 5.92 Å². The van der Waals surface area contributed by atoms with Crippen molar-refractivity contribution < 1.29 is 14.7 Å². The molecule has 4 rings (SSSR count). The minimum absolute atomic E-state index is 0.159. The van der Waals surface area contributed by atoms with Crippen molar-refractivity contribution in [1.82, 2.24) is 9.97 Å². The largest absolute Gasteiger partial charge is 0.477 e. The van der Waals surface area contributed by atoms with Gasteiger partial charge in [0.05, 0.1) is 0 Å². The normalized spacial score (nSPS) is 14.4. The molecule has 0 atom stereocenters. The van der Waals surface area contributed by atoms with E-state index in [4.69, 9.17) is 5.11 Å². The molecule has 5 heteroatoms. The summed E-state index contributed by atoms with van der Waals surface area (Å²) in [6.07, 6.45) is 3.75. The van der Waals surface area contributed by atoms with Crippen LogP contribution in [0.3, 0.4) is 0 Å². The van der Waals surface area contributed by atoms with Crippen LogP contribution < -0.4 is 0 Å². The van der Waals surface area contributed by atoms with Gasteiger partial charge in [-0.2, -0.15) is 0 Å². The van der Waals surface area contributed by atoms with E-state index in [0.29, 0.717) is 0 Å². The molecular formula is C17H14N2O3. The van der Waals surface area contributed by atoms with Gasteiger partial charge in [0.1, 0.15) is 5.69 Å². The minimum atomic E-state index is -0.982. The molecule has 0 saturated heterocycles. The van der Waals surface area contributed by atoms with E-state index >= 15 is 0 Å². The van der Waals surface area contributed by atoms with Crippen molar-refractivity contribution in [3.05, 3.63) is 47.8 Å². The van der Waals surface area contributed by atoms with E-state index in [1.807, 2.05) is 18.2 Å². The zero-order valence-corrected chi connectivity index (χ0v) is 11.7. The first kappa shape index (κ1) is 12.9. The third kappa shape index (κ3) is 2.02.